The van der Waals surface area contributed by atoms with E-state index in [-0.39, 0.29) is 19.8 Å². The lowest BCUT2D eigenvalue weighted by molar-refractivity contribution is -0.140. The number of nitrogens with zero attached hydrogens (tertiary/aromatic N) is 2. The molecule has 0 aliphatic carbocycles. The molecule has 0 fully saturated rings. The van der Waals surface area contributed by atoms with Crippen molar-refractivity contribution in [1.82, 2.24) is 15.6 Å². The number of aliphatic hydroxyl groups excluding tert-OH is 1. The van der Waals surface area contributed by atoms with Gasteiger partial charge in [-0.2, -0.15) is 13.2 Å². The van der Waals surface area contributed by atoms with E-state index in [9.17, 15) is 13.2 Å². The Hall–Kier alpha value is -2.53. The van der Waals surface area contributed by atoms with E-state index < -0.39 is 11.9 Å². The molecule has 0 saturated carbocycles. The van der Waals surface area contributed by atoms with Gasteiger partial charge in [-0.15, -0.1) is 11.3 Å². The molecule has 2 aromatic rings. The first-order valence-corrected chi connectivity index (χ1v) is 9.69. The van der Waals surface area contributed by atoms with Gasteiger partial charge in [0.25, 0.3) is 0 Å². The fourth-order valence-electron chi connectivity index (χ4n) is 2.28. The molecule has 7 nitrogen and oxygen atoms in total. The molecule has 1 aromatic heterocycles. The molecule has 1 heterocycles. The molecule has 0 radical (unpaired) electrons. The maximum Gasteiger partial charge on any atom is 0.434 e. The number of ether oxygens (including phenoxy) is 2. The quantitative estimate of drug-likeness (QED) is 0.417. The number of methoxy groups -OCH3 is 1. The average molecular weight is 432 g/mol. The van der Waals surface area contributed by atoms with Crippen LogP contribution in [0.4, 0.5) is 13.2 Å². The predicted molar refractivity (Wildman–Crippen MR) is 104 cm³/mol. The molecule has 0 saturated heterocycles. The first kappa shape index (κ1) is 22.8. The Morgan fingerprint density at radius 3 is 2.69 bits per heavy atom. The van der Waals surface area contributed by atoms with Gasteiger partial charge in [0.1, 0.15) is 11.6 Å². The number of aliphatic hydroxyl groups is 1. The standard InChI is InChI=1S/C18H23F3N4O3S/c1-3-22-17(24-10-16-25-15(11-29-16)18(19,20)21)23-9-12-4-5-13(28-7-6-26)14(8-12)27-2/h4-5,8,11,26H,3,6-7,9-10H2,1-2H3,(H2,22,23,24). The molecule has 1 aromatic carbocycles. The van der Waals surface area contributed by atoms with Crippen molar-refractivity contribution >= 4 is 17.3 Å². The number of aromatic nitrogens is 1. The van der Waals surface area contributed by atoms with Crippen molar-refractivity contribution in [3.05, 3.63) is 39.8 Å². The topological polar surface area (TPSA) is 88.0 Å². The molecule has 0 spiro atoms. The van der Waals surface area contributed by atoms with E-state index in [2.05, 4.69) is 20.6 Å². The Morgan fingerprint density at radius 1 is 1.28 bits per heavy atom. The van der Waals surface area contributed by atoms with Gasteiger partial charge in [-0.25, -0.2) is 9.98 Å². The summed E-state index contributed by atoms with van der Waals surface area (Å²) in [6.07, 6.45) is -4.44. The monoisotopic (exact) mass is 432 g/mol. The molecule has 11 heteroatoms. The average Bonchev–Trinajstić information content (AvgIpc) is 3.18. The molecule has 0 aliphatic heterocycles. The second kappa shape index (κ2) is 10.9. The highest BCUT2D eigenvalue weighted by molar-refractivity contribution is 7.09. The Bertz CT molecular complexity index is 812. The van der Waals surface area contributed by atoms with E-state index in [4.69, 9.17) is 14.6 Å². The smallest absolute Gasteiger partial charge is 0.434 e. The summed E-state index contributed by atoms with van der Waals surface area (Å²) in [5, 5.41) is 16.2. The lowest BCUT2D eigenvalue weighted by atomic mass is 10.2. The number of alkyl halides is 3. The van der Waals surface area contributed by atoms with Gasteiger partial charge in [-0.3, -0.25) is 0 Å². The fourth-order valence-corrected chi connectivity index (χ4v) is 3.02. The van der Waals surface area contributed by atoms with Crippen LogP contribution in [-0.4, -0.2) is 42.9 Å². The van der Waals surface area contributed by atoms with Crippen molar-refractivity contribution in [3.63, 3.8) is 0 Å². The normalized spacial score (nSPS) is 12.0. The van der Waals surface area contributed by atoms with E-state index >= 15 is 0 Å². The molecule has 0 bridgehead atoms. The van der Waals surface area contributed by atoms with Crippen molar-refractivity contribution in [2.45, 2.75) is 26.2 Å². The number of halogens is 3. The van der Waals surface area contributed by atoms with Crippen LogP contribution in [0.3, 0.4) is 0 Å². The molecule has 3 N–H and O–H groups in total. The zero-order chi connectivity index (χ0) is 21.3. The zero-order valence-corrected chi connectivity index (χ0v) is 16.9. The minimum Gasteiger partial charge on any atom is -0.493 e. The summed E-state index contributed by atoms with van der Waals surface area (Å²) < 4.78 is 48.6. The van der Waals surface area contributed by atoms with Crippen molar-refractivity contribution < 1.29 is 27.8 Å². The summed E-state index contributed by atoms with van der Waals surface area (Å²) >= 11 is 0.939. The first-order valence-electron chi connectivity index (χ1n) is 8.81. The summed E-state index contributed by atoms with van der Waals surface area (Å²) in [5.74, 6) is 1.49. The van der Waals surface area contributed by atoms with Gasteiger partial charge in [0, 0.05) is 11.9 Å². The second-order valence-electron chi connectivity index (χ2n) is 5.73. The number of hydrogen-bond acceptors (Lipinski definition) is 6. The van der Waals surface area contributed by atoms with Gasteiger partial charge in [0.2, 0.25) is 0 Å². The lowest BCUT2D eigenvalue weighted by Gasteiger charge is -2.12. The number of rotatable bonds is 9. The number of thiazole rings is 1. The van der Waals surface area contributed by atoms with Crippen LogP contribution in [0.5, 0.6) is 11.5 Å². The van der Waals surface area contributed by atoms with Crippen molar-refractivity contribution in [2.75, 3.05) is 26.9 Å². The number of benzene rings is 1. The van der Waals surface area contributed by atoms with E-state index in [0.29, 0.717) is 35.6 Å². The second-order valence-corrected chi connectivity index (χ2v) is 6.67. The van der Waals surface area contributed by atoms with E-state index in [1.165, 1.54) is 7.11 Å². The zero-order valence-electron chi connectivity index (χ0n) is 16.0. The summed E-state index contributed by atoms with van der Waals surface area (Å²) in [7, 11) is 1.52. The highest BCUT2D eigenvalue weighted by atomic mass is 32.1. The first-order chi connectivity index (χ1) is 13.9. The van der Waals surface area contributed by atoms with Crippen LogP contribution >= 0.6 is 11.3 Å². The highest BCUT2D eigenvalue weighted by Crippen LogP contribution is 2.30. The van der Waals surface area contributed by atoms with Crippen molar-refractivity contribution in [3.8, 4) is 11.5 Å². The van der Waals surface area contributed by atoms with E-state index in [0.717, 1.165) is 22.3 Å². The van der Waals surface area contributed by atoms with Gasteiger partial charge < -0.3 is 25.2 Å². The molecule has 2 rings (SSSR count). The maximum absolute atomic E-state index is 12.6. The number of nitrogens with one attached hydrogen (secondary N) is 2. The summed E-state index contributed by atoms with van der Waals surface area (Å²) in [6.45, 7) is 2.99. The number of guanidine groups is 1. The molecule has 0 atom stereocenters. The van der Waals surface area contributed by atoms with Gasteiger partial charge >= 0.3 is 6.18 Å². The summed E-state index contributed by atoms with van der Waals surface area (Å²) in [5.41, 5.74) is -0.0409. The molecule has 0 aliphatic rings. The molecule has 0 unspecified atom stereocenters. The Balaban J connectivity index is 2.02. The fraction of sp³-hybridized carbons (Fsp3) is 0.444. The van der Waals surface area contributed by atoms with Gasteiger partial charge in [0.15, 0.2) is 23.2 Å². The highest BCUT2D eigenvalue weighted by Gasteiger charge is 2.33. The lowest BCUT2D eigenvalue weighted by Crippen LogP contribution is -2.36. The Kier molecular flexibility index (Phi) is 8.52. The van der Waals surface area contributed by atoms with Crippen molar-refractivity contribution in [2.24, 2.45) is 4.99 Å². The SMILES string of the molecule is CCNC(=NCc1ccc(OCCO)c(OC)c1)NCc1nc(C(F)(F)F)cs1. The van der Waals surface area contributed by atoms with Crippen LogP contribution < -0.4 is 20.1 Å². The van der Waals surface area contributed by atoms with Gasteiger partial charge in [-0.1, -0.05) is 6.07 Å². The third-order valence-electron chi connectivity index (χ3n) is 3.59. The Labute approximate surface area is 170 Å². The van der Waals surface area contributed by atoms with Crippen LogP contribution in [0.25, 0.3) is 0 Å². The number of hydrogen-bond donors (Lipinski definition) is 3. The van der Waals surface area contributed by atoms with E-state index in [1.54, 1.807) is 12.1 Å². The van der Waals surface area contributed by atoms with Crippen LogP contribution in [-0.2, 0) is 19.3 Å². The van der Waals surface area contributed by atoms with Crippen LogP contribution in [0.1, 0.15) is 23.2 Å². The maximum atomic E-state index is 12.6. The van der Waals surface area contributed by atoms with Crippen LogP contribution in [0.2, 0.25) is 0 Å². The van der Waals surface area contributed by atoms with E-state index in [1.807, 2.05) is 13.0 Å². The molecular formula is C18H23F3N4O3S. The summed E-state index contributed by atoms with van der Waals surface area (Å²) in [4.78, 5) is 8.02. The van der Waals surface area contributed by atoms with Crippen molar-refractivity contribution in [1.29, 1.82) is 0 Å². The van der Waals surface area contributed by atoms with Crippen LogP contribution in [0.15, 0.2) is 28.6 Å². The summed E-state index contributed by atoms with van der Waals surface area (Å²) in [6, 6.07) is 5.32. The van der Waals surface area contributed by atoms with Gasteiger partial charge in [0.05, 0.1) is 26.8 Å². The Morgan fingerprint density at radius 2 is 2.07 bits per heavy atom. The third kappa shape index (κ3) is 7.09. The molecular weight excluding hydrogens is 409 g/mol. The predicted octanol–water partition coefficient (Wildman–Crippen LogP) is 2.80. The van der Waals surface area contributed by atoms with Gasteiger partial charge in [-0.05, 0) is 24.6 Å². The molecule has 0 amide bonds. The largest absolute Gasteiger partial charge is 0.493 e. The van der Waals surface area contributed by atoms with Crippen LogP contribution in [0, 0.1) is 0 Å². The molecule has 29 heavy (non-hydrogen) atoms. The number of aliphatic imine (C=N–C) groups is 1. The minimum absolute atomic E-state index is 0.101. The minimum atomic E-state index is -4.44. The molecule has 160 valence electrons. The third-order valence-corrected chi connectivity index (χ3v) is 4.44.